The number of aryl methyl sites for hydroxylation is 1. The van der Waals surface area contributed by atoms with Crippen LogP contribution in [0.3, 0.4) is 0 Å². The number of esters is 2. The van der Waals surface area contributed by atoms with Crippen LogP contribution in [-0.4, -0.2) is 41.2 Å². The summed E-state index contributed by atoms with van der Waals surface area (Å²) in [6, 6.07) is 7.24. The van der Waals surface area contributed by atoms with Crippen LogP contribution in [0.15, 0.2) is 24.3 Å². The van der Waals surface area contributed by atoms with Gasteiger partial charge < -0.3 is 9.47 Å². The molecule has 0 unspecified atom stereocenters. The Morgan fingerprint density at radius 2 is 1.65 bits per heavy atom. The van der Waals surface area contributed by atoms with Crippen LogP contribution in [0.2, 0.25) is 0 Å². The van der Waals surface area contributed by atoms with E-state index in [1.165, 1.54) is 18.9 Å². The molecule has 7 nitrogen and oxygen atoms in total. The van der Waals surface area contributed by atoms with Gasteiger partial charge in [-0.05, 0) is 19.1 Å². The molecule has 2 aromatic rings. The number of nitrogens with zero attached hydrogens (tertiary/aromatic N) is 3. The van der Waals surface area contributed by atoms with Crippen molar-refractivity contribution in [1.29, 1.82) is 0 Å². The number of aromatic nitrogens is 3. The van der Waals surface area contributed by atoms with Gasteiger partial charge in [-0.2, -0.15) is 0 Å². The van der Waals surface area contributed by atoms with E-state index in [9.17, 15) is 9.59 Å². The molecule has 0 radical (unpaired) electrons. The molecule has 104 valence electrons. The third-order valence-electron chi connectivity index (χ3n) is 2.71. The fourth-order valence-corrected chi connectivity index (χ4v) is 1.66. The Labute approximate surface area is 115 Å². The third-order valence-corrected chi connectivity index (χ3v) is 2.71. The fraction of sp³-hybridized carbons (Fsp3) is 0.231. The zero-order chi connectivity index (χ0) is 14.7. The van der Waals surface area contributed by atoms with Crippen LogP contribution in [0, 0.1) is 6.92 Å². The Morgan fingerprint density at radius 1 is 1.05 bits per heavy atom. The van der Waals surface area contributed by atoms with Crippen LogP contribution in [0.1, 0.15) is 26.5 Å². The Bertz CT molecular complexity index is 646. The minimum absolute atomic E-state index is 0.0665. The monoisotopic (exact) mass is 275 g/mol. The molecule has 2 rings (SSSR count). The van der Waals surface area contributed by atoms with Crippen LogP contribution in [0.5, 0.6) is 0 Å². The first-order chi connectivity index (χ1) is 9.58. The molecule has 0 bridgehead atoms. The second-order valence-electron chi connectivity index (χ2n) is 4.02. The number of hydrogen-bond acceptors (Lipinski definition) is 6. The van der Waals surface area contributed by atoms with Gasteiger partial charge in [0.1, 0.15) is 0 Å². The van der Waals surface area contributed by atoms with Crippen molar-refractivity contribution < 1.29 is 19.1 Å². The summed E-state index contributed by atoms with van der Waals surface area (Å²) in [7, 11) is 2.42. The molecule has 0 aliphatic carbocycles. The van der Waals surface area contributed by atoms with Gasteiger partial charge in [-0.15, -0.1) is 5.10 Å². The molecule has 0 N–H and O–H groups in total. The minimum Gasteiger partial charge on any atom is -0.464 e. The van der Waals surface area contributed by atoms with Crippen molar-refractivity contribution in [2.75, 3.05) is 14.2 Å². The maximum atomic E-state index is 11.8. The van der Waals surface area contributed by atoms with Gasteiger partial charge in [0.2, 0.25) is 5.69 Å². The lowest BCUT2D eigenvalue weighted by molar-refractivity contribution is 0.0546. The topological polar surface area (TPSA) is 83.3 Å². The van der Waals surface area contributed by atoms with Crippen molar-refractivity contribution in [3.05, 3.63) is 41.2 Å². The lowest BCUT2D eigenvalue weighted by Crippen LogP contribution is -2.15. The normalized spacial score (nSPS) is 10.2. The summed E-state index contributed by atoms with van der Waals surface area (Å²) in [5.41, 5.74) is 1.41. The van der Waals surface area contributed by atoms with Gasteiger partial charge in [0.05, 0.1) is 19.9 Å². The van der Waals surface area contributed by atoms with Crippen molar-refractivity contribution in [3.8, 4) is 5.69 Å². The molecule has 1 aromatic heterocycles. The van der Waals surface area contributed by atoms with Crippen molar-refractivity contribution in [2.45, 2.75) is 6.92 Å². The molecule has 7 heteroatoms. The zero-order valence-electron chi connectivity index (χ0n) is 11.3. The highest BCUT2D eigenvalue weighted by Crippen LogP contribution is 2.15. The molecule has 0 spiro atoms. The molecule has 0 saturated heterocycles. The van der Waals surface area contributed by atoms with Gasteiger partial charge in [0.15, 0.2) is 5.69 Å². The molecular weight excluding hydrogens is 262 g/mol. The Kier molecular flexibility index (Phi) is 3.79. The maximum absolute atomic E-state index is 11.8. The van der Waals surface area contributed by atoms with Crippen molar-refractivity contribution in [2.24, 2.45) is 0 Å². The third kappa shape index (κ3) is 2.37. The quantitative estimate of drug-likeness (QED) is 0.781. The Balaban J connectivity index is 2.59. The molecule has 20 heavy (non-hydrogen) atoms. The van der Waals surface area contributed by atoms with Crippen LogP contribution >= 0.6 is 0 Å². The average molecular weight is 275 g/mol. The number of methoxy groups -OCH3 is 2. The molecule has 0 amide bonds. The van der Waals surface area contributed by atoms with Gasteiger partial charge in [0.25, 0.3) is 0 Å². The predicted octanol–water partition coefficient (Wildman–Crippen LogP) is 1.15. The van der Waals surface area contributed by atoms with Gasteiger partial charge >= 0.3 is 11.9 Å². The molecule has 0 aliphatic heterocycles. The predicted molar refractivity (Wildman–Crippen MR) is 68.8 cm³/mol. The summed E-state index contributed by atoms with van der Waals surface area (Å²) in [6.07, 6.45) is 0. The second-order valence-corrected chi connectivity index (χ2v) is 4.02. The Morgan fingerprint density at radius 3 is 2.20 bits per heavy atom. The van der Waals surface area contributed by atoms with E-state index < -0.39 is 11.9 Å². The van der Waals surface area contributed by atoms with Crippen molar-refractivity contribution in [3.63, 3.8) is 0 Å². The minimum atomic E-state index is -0.747. The molecular formula is C13H13N3O4. The summed E-state index contributed by atoms with van der Waals surface area (Å²) in [4.78, 5) is 23.5. The summed E-state index contributed by atoms with van der Waals surface area (Å²) in [6.45, 7) is 1.94. The number of benzene rings is 1. The number of carbonyl (C=O) groups is 2. The number of ether oxygens (including phenoxy) is 2. The highest BCUT2D eigenvalue weighted by atomic mass is 16.5. The molecule has 1 aromatic carbocycles. The SMILES string of the molecule is COC(=O)c1nnn(-c2ccc(C)cc2)c1C(=O)OC. The Hall–Kier alpha value is -2.70. The van der Waals surface area contributed by atoms with E-state index in [0.717, 1.165) is 5.56 Å². The van der Waals surface area contributed by atoms with E-state index in [2.05, 4.69) is 19.8 Å². The summed E-state index contributed by atoms with van der Waals surface area (Å²) in [5.74, 6) is -1.46. The van der Waals surface area contributed by atoms with Crippen LogP contribution in [-0.2, 0) is 9.47 Å². The average Bonchev–Trinajstić information content (AvgIpc) is 2.91. The molecule has 0 atom stereocenters. The molecule has 0 aliphatic rings. The standard InChI is InChI=1S/C13H13N3O4/c1-8-4-6-9(7-5-8)16-11(13(18)20-3)10(14-15-16)12(17)19-2/h4-7H,1-3H3. The molecule has 1 heterocycles. The maximum Gasteiger partial charge on any atom is 0.361 e. The van der Waals surface area contributed by atoms with Gasteiger partial charge in [0, 0.05) is 0 Å². The first-order valence-electron chi connectivity index (χ1n) is 5.78. The lowest BCUT2D eigenvalue weighted by Gasteiger charge is -2.06. The fourth-order valence-electron chi connectivity index (χ4n) is 1.66. The van der Waals surface area contributed by atoms with Crippen molar-refractivity contribution >= 4 is 11.9 Å². The summed E-state index contributed by atoms with van der Waals surface area (Å²) in [5, 5.41) is 7.51. The van der Waals surface area contributed by atoms with E-state index in [1.54, 1.807) is 12.1 Å². The van der Waals surface area contributed by atoms with Crippen LogP contribution in [0.4, 0.5) is 0 Å². The molecule has 0 saturated carbocycles. The van der Waals surface area contributed by atoms with Crippen LogP contribution in [0.25, 0.3) is 5.69 Å². The van der Waals surface area contributed by atoms with Gasteiger partial charge in [-0.25, -0.2) is 14.3 Å². The van der Waals surface area contributed by atoms with E-state index in [-0.39, 0.29) is 11.4 Å². The van der Waals surface area contributed by atoms with E-state index in [4.69, 9.17) is 0 Å². The van der Waals surface area contributed by atoms with Gasteiger partial charge in [-0.3, -0.25) is 0 Å². The summed E-state index contributed by atoms with van der Waals surface area (Å²) < 4.78 is 10.5. The number of rotatable bonds is 3. The first kappa shape index (κ1) is 13.7. The van der Waals surface area contributed by atoms with Crippen molar-refractivity contribution in [1.82, 2.24) is 15.0 Å². The number of carbonyl (C=O) groups excluding carboxylic acids is 2. The zero-order valence-corrected chi connectivity index (χ0v) is 11.3. The van der Waals surface area contributed by atoms with Crippen LogP contribution < -0.4 is 0 Å². The number of hydrogen-bond donors (Lipinski definition) is 0. The first-order valence-corrected chi connectivity index (χ1v) is 5.78. The van der Waals surface area contributed by atoms with Gasteiger partial charge in [-0.1, -0.05) is 22.9 Å². The van der Waals surface area contributed by atoms with E-state index in [0.29, 0.717) is 5.69 Å². The summed E-state index contributed by atoms with van der Waals surface area (Å²) >= 11 is 0. The largest absolute Gasteiger partial charge is 0.464 e. The molecule has 0 fully saturated rings. The highest BCUT2D eigenvalue weighted by Gasteiger charge is 2.27. The smallest absolute Gasteiger partial charge is 0.361 e. The second kappa shape index (κ2) is 5.52. The van der Waals surface area contributed by atoms with E-state index in [1.807, 2.05) is 19.1 Å². The van der Waals surface area contributed by atoms with E-state index >= 15 is 0 Å². The lowest BCUT2D eigenvalue weighted by atomic mass is 10.2. The highest BCUT2D eigenvalue weighted by molar-refractivity contribution is 6.00.